The second-order valence-corrected chi connectivity index (χ2v) is 6.53. The molecule has 0 fully saturated rings. The zero-order chi connectivity index (χ0) is 14.5. The fraction of sp³-hybridized carbons (Fsp3) is 0.250. The molecule has 104 valence electrons. The molecule has 0 atom stereocenters. The molecule has 1 aromatic carbocycles. The highest BCUT2D eigenvalue weighted by Gasteiger charge is 2.06. The van der Waals surface area contributed by atoms with Crippen LogP contribution < -0.4 is 4.74 Å². The van der Waals surface area contributed by atoms with E-state index in [4.69, 9.17) is 21.4 Å². The van der Waals surface area contributed by atoms with Crippen molar-refractivity contribution in [3.63, 3.8) is 0 Å². The number of rotatable bonds is 6. The van der Waals surface area contributed by atoms with Gasteiger partial charge >= 0.3 is 5.97 Å². The predicted octanol–water partition coefficient (Wildman–Crippen LogP) is 1.86. The van der Waals surface area contributed by atoms with Gasteiger partial charge in [-0.05, 0) is 24.3 Å². The fourth-order valence-electron chi connectivity index (χ4n) is 1.25. The Hall–Kier alpha value is -1.53. The maximum atomic E-state index is 11.0. The van der Waals surface area contributed by atoms with Crippen LogP contribution in [0.25, 0.3) is 6.08 Å². The zero-order valence-electron chi connectivity index (χ0n) is 10.2. The molecule has 0 heterocycles. The van der Waals surface area contributed by atoms with E-state index in [1.165, 1.54) is 12.1 Å². The first-order chi connectivity index (χ1) is 8.78. The highest BCUT2D eigenvalue weighted by molar-refractivity contribution is 7.90. The molecule has 0 saturated heterocycles. The first-order valence-electron chi connectivity index (χ1n) is 5.29. The second kappa shape index (κ2) is 6.58. The first kappa shape index (κ1) is 15.5. The lowest BCUT2D eigenvalue weighted by Gasteiger charge is -2.09. The molecule has 1 N–H and O–H groups in total. The van der Waals surface area contributed by atoms with Crippen LogP contribution in [0.1, 0.15) is 5.56 Å². The fourth-order valence-corrected chi connectivity index (χ4v) is 1.81. The Morgan fingerprint density at radius 1 is 1.47 bits per heavy atom. The number of carboxylic acid groups (broad SMARTS) is 1. The number of benzene rings is 1. The monoisotopic (exact) mass is 304 g/mol. The summed E-state index contributed by atoms with van der Waals surface area (Å²) < 4.78 is 27.3. The van der Waals surface area contributed by atoms with E-state index in [0.29, 0.717) is 16.3 Å². The van der Waals surface area contributed by atoms with Gasteiger partial charge in [0.15, 0.2) is 9.84 Å². The minimum absolute atomic E-state index is 0.00558. The van der Waals surface area contributed by atoms with E-state index in [-0.39, 0.29) is 12.4 Å². The summed E-state index contributed by atoms with van der Waals surface area (Å²) in [5.74, 6) is -0.829. The number of hydrogen-bond donors (Lipinski definition) is 1. The summed E-state index contributed by atoms with van der Waals surface area (Å²) >= 11 is 5.81. The molecule has 7 heteroatoms. The van der Waals surface area contributed by atoms with E-state index in [2.05, 4.69) is 0 Å². The molecular formula is C12H13ClO5S. The summed E-state index contributed by atoms with van der Waals surface area (Å²) in [6, 6.07) is 4.68. The highest BCUT2D eigenvalue weighted by Crippen LogP contribution is 2.24. The molecule has 0 aliphatic rings. The number of ether oxygens (including phenoxy) is 1. The van der Waals surface area contributed by atoms with Gasteiger partial charge in [-0.2, -0.15) is 0 Å². The van der Waals surface area contributed by atoms with Gasteiger partial charge in [0, 0.05) is 22.9 Å². The Labute approximate surface area is 116 Å². The van der Waals surface area contributed by atoms with E-state index < -0.39 is 15.8 Å². The van der Waals surface area contributed by atoms with Gasteiger partial charge in [0.25, 0.3) is 0 Å². The van der Waals surface area contributed by atoms with Crippen molar-refractivity contribution < 1.29 is 23.1 Å². The standard InChI is InChI=1S/C12H13ClO5S/c1-19(16,17)7-6-18-11-4-3-10(13)8-9(11)2-5-12(14)15/h2-5,8H,6-7H2,1H3,(H,14,15)/b5-2+. The summed E-state index contributed by atoms with van der Waals surface area (Å²) in [5, 5.41) is 9.01. The van der Waals surface area contributed by atoms with Gasteiger partial charge in [0.1, 0.15) is 12.4 Å². The van der Waals surface area contributed by atoms with E-state index in [9.17, 15) is 13.2 Å². The lowest BCUT2D eigenvalue weighted by Crippen LogP contribution is -2.12. The number of carboxylic acids is 1. The molecule has 5 nitrogen and oxygen atoms in total. The van der Waals surface area contributed by atoms with E-state index in [1.54, 1.807) is 12.1 Å². The summed E-state index contributed by atoms with van der Waals surface area (Å²) in [5.41, 5.74) is 0.475. The van der Waals surface area contributed by atoms with Gasteiger partial charge in [-0.1, -0.05) is 11.6 Å². The number of hydrogen-bond acceptors (Lipinski definition) is 4. The molecule has 0 aliphatic carbocycles. The molecule has 0 spiro atoms. The Morgan fingerprint density at radius 3 is 2.74 bits per heavy atom. The summed E-state index contributed by atoms with van der Waals surface area (Å²) in [6.45, 7) is -0.00558. The SMILES string of the molecule is CS(=O)(=O)CCOc1ccc(Cl)cc1/C=C/C(=O)O. The minimum Gasteiger partial charge on any atom is -0.492 e. The van der Waals surface area contributed by atoms with E-state index >= 15 is 0 Å². The molecular weight excluding hydrogens is 292 g/mol. The van der Waals surface area contributed by atoms with Crippen molar-refractivity contribution in [1.82, 2.24) is 0 Å². The molecule has 0 bridgehead atoms. The Morgan fingerprint density at radius 2 is 2.16 bits per heavy atom. The van der Waals surface area contributed by atoms with Crippen LogP contribution >= 0.6 is 11.6 Å². The molecule has 1 aromatic rings. The zero-order valence-corrected chi connectivity index (χ0v) is 11.7. The van der Waals surface area contributed by atoms with Crippen LogP contribution in [0.4, 0.5) is 0 Å². The normalized spacial score (nSPS) is 11.7. The third-order valence-electron chi connectivity index (χ3n) is 2.09. The van der Waals surface area contributed by atoms with Crippen LogP contribution in [0.15, 0.2) is 24.3 Å². The quantitative estimate of drug-likeness (QED) is 0.811. The Bertz CT molecular complexity index is 592. The Kier molecular flexibility index (Phi) is 5.38. The van der Waals surface area contributed by atoms with Gasteiger partial charge < -0.3 is 9.84 Å². The average molecular weight is 305 g/mol. The van der Waals surface area contributed by atoms with Gasteiger partial charge in [-0.3, -0.25) is 0 Å². The molecule has 0 saturated carbocycles. The summed E-state index contributed by atoms with van der Waals surface area (Å²) in [6.07, 6.45) is 3.41. The van der Waals surface area contributed by atoms with Crippen LogP contribution in [0, 0.1) is 0 Å². The van der Waals surface area contributed by atoms with Crippen molar-refractivity contribution >= 4 is 33.5 Å². The first-order valence-corrected chi connectivity index (χ1v) is 7.73. The van der Waals surface area contributed by atoms with E-state index in [1.807, 2.05) is 0 Å². The molecule has 0 aliphatic heterocycles. The third-order valence-corrected chi connectivity index (χ3v) is 3.23. The van der Waals surface area contributed by atoms with Crippen molar-refractivity contribution in [3.05, 3.63) is 34.9 Å². The maximum absolute atomic E-state index is 11.0. The van der Waals surface area contributed by atoms with Crippen molar-refractivity contribution in [2.75, 3.05) is 18.6 Å². The third kappa shape index (κ3) is 6.26. The lowest BCUT2D eigenvalue weighted by molar-refractivity contribution is -0.131. The smallest absolute Gasteiger partial charge is 0.328 e. The van der Waals surface area contributed by atoms with Crippen LogP contribution in [0.5, 0.6) is 5.75 Å². The van der Waals surface area contributed by atoms with Crippen molar-refractivity contribution in [2.24, 2.45) is 0 Å². The van der Waals surface area contributed by atoms with Gasteiger partial charge in [-0.15, -0.1) is 0 Å². The lowest BCUT2D eigenvalue weighted by atomic mass is 10.2. The van der Waals surface area contributed by atoms with Crippen LogP contribution in [-0.4, -0.2) is 38.1 Å². The maximum Gasteiger partial charge on any atom is 0.328 e. The molecule has 0 aromatic heterocycles. The van der Waals surface area contributed by atoms with Gasteiger partial charge in [0.2, 0.25) is 0 Å². The number of halogens is 1. The number of aliphatic carboxylic acids is 1. The average Bonchev–Trinajstić information content (AvgIpc) is 2.27. The molecule has 19 heavy (non-hydrogen) atoms. The van der Waals surface area contributed by atoms with E-state index in [0.717, 1.165) is 12.3 Å². The predicted molar refractivity (Wildman–Crippen MR) is 73.3 cm³/mol. The van der Waals surface area contributed by atoms with Crippen LogP contribution in [0.3, 0.4) is 0 Å². The van der Waals surface area contributed by atoms with Crippen molar-refractivity contribution in [3.8, 4) is 5.75 Å². The minimum atomic E-state index is -3.10. The van der Waals surface area contributed by atoms with Gasteiger partial charge in [0.05, 0.1) is 5.75 Å². The van der Waals surface area contributed by atoms with Gasteiger partial charge in [-0.25, -0.2) is 13.2 Å². The largest absolute Gasteiger partial charge is 0.492 e. The number of sulfone groups is 1. The van der Waals surface area contributed by atoms with Crippen molar-refractivity contribution in [1.29, 1.82) is 0 Å². The van der Waals surface area contributed by atoms with Crippen molar-refractivity contribution in [2.45, 2.75) is 0 Å². The molecule has 1 rings (SSSR count). The summed E-state index contributed by atoms with van der Waals surface area (Å²) in [4.78, 5) is 10.5. The Balaban J connectivity index is 2.85. The molecule has 0 amide bonds. The molecule has 0 unspecified atom stereocenters. The molecule has 0 radical (unpaired) electrons. The summed E-state index contributed by atoms with van der Waals surface area (Å²) in [7, 11) is -3.10. The van der Waals surface area contributed by atoms with Crippen LogP contribution in [-0.2, 0) is 14.6 Å². The highest BCUT2D eigenvalue weighted by atomic mass is 35.5. The number of carbonyl (C=O) groups is 1. The second-order valence-electron chi connectivity index (χ2n) is 3.83. The topological polar surface area (TPSA) is 80.7 Å². The van der Waals surface area contributed by atoms with Crippen LogP contribution in [0.2, 0.25) is 5.02 Å².